The van der Waals surface area contributed by atoms with Crippen molar-refractivity contribution >= 4 is 10.8 Å². The van der Waals surface area contributed by atoms with Crippen molar-refractivity contribution in [3.63, 3.8) is 0 Å². The van der Waals surface area contributed by atoms with Gasteiger partial charge in [-0.15, -0.1) is 0 Å². The third-order valence-corrected chi connectivity index (χ3v) is 4.19. The highest BCUT2D eigenvalue weighted by molar-refractivity contribution is 5.89. The zero-order valence-electron chi connectivity index (χ0n) is 15.7. The summed E-state index contributed by atoms with van der Waals surface area (Å²) >= 11 is 0. The Balaban J connectivity index is 1.96. The van der Waals surface area contributed by atoms with Gasteiger partial charge in [-0.05, 0) is 53.8 Å². The third kappa shape index (κ3) is 4.87. The molecule has 8 heteroatoms. The number of ether oxygens (including phenoxy) is 2. The van der Waals surface area contributed by atoms with Crippen molar-refractivity contribution < 1.29 is 35.8 Å². The minimum atomic E-state index is -4.79. The van der Waals surface area contributed by atoms with Crippen LogP contribution in [0.5, 0.6) is 11.5 Å². The molecule has 0 N–H and O–H groups in total. The summed E-state index contributed by atoms with van der Waals surface area (Å²) in [5, 5.41) is -0.795. The van der Waals surface area contributed by atoms with Gasteiger partial charge in [0.05, 0.1) is 5.39 Å². The summed E-state index contributed by atoms with van der Waals surface area (Å²) in [7, 11) is 0. The number of halogens is 6. The van der Waals surface area contributed by atoms with Crippen LogP contribution < -0.4 is 9.47 Å². The van der Waals surface area contributed by atoms with Crippen LogP contribution in [0.2, 0.25) is 0 Å². The Hall–Kier alpha value is -3.16. The Bertz CT molecular complexity index is 1070. The van der Waals surface area contributed by atoms with Gasteiger partial charge in [-0.2, -0.15) is 13.2 Å². The second-order valence-electron chi connectivity index (χ2n) is 6.37. The zero-order valence-corrected chi connectivity index (χ0v) is 15.7. The highest BCUT2D eigenvalue weighted by Crippen LogP contribution is 2.35. The monoisotopic (exact) mass is 426 g/mol. The molecule has 0 unspecified atom stereocenters. The van der Waals surface area contributed by atoms with Gasteiger partial charge in [0.2, 0.25) is 0 Å². The largest absolute Gasteiger partial charge is 0.490 e. The molecule has 0 aliphatic carbocycles. The van der Waals surface area contributed by atoms with Gasteiger partial charge in [-0.25, -0.2) is 13.2 Å². The molecule has 0 fully saturated rings. The number of hydrogen-bond donors (Lipinski definition) is 0. The molecule has 0 aromatic heterocycles. The van der Waals surface area contributed by atoms with E-state index in [9.17, 15) is 26.3 Å². The van der Waals surface area contributed by atoms with Crippen molar-refractivity contribution in [2.45, 2.75) is 13.1 Å². The second-order valence-corrected chi connectivity index (χ2v) is 6.37. The maximum atomic E-state index is 14.6. The Morgan fingerprint density at radius 1 is 0.867 bits per heavy atom. The molecule has 3 aromatic rings. The van der Waals surface area contributed by atoms with E-state index in [1.54, 1.807) is 24.3 Å². The van der Waals surface area contributed by atoms with Gasteiger partial charge in [0, 0.05) is 0 Å². The minimum Gasteiger partial charge on any atom is -0.490 e. The summed E-state index contributed by atoms with van der Waals surface area (Å²) in [6.07, 6.45) is -1.13. The highest BCUT2D eigenvalue weighted by atomic mass is 19.4. The molecular formula is C22H16F6O2. The molecule has 30 heavy (non-hydrogen) atoms. The Kier molecular flexibility index (Phi) is 6.24. The molecule has 158 valence electrons. The SMILES string of the molecule is CC=CCOc1ccc(-c2cc(F)c3c(F)c(OCC(F)(F)F)c(F)cc3c2)cc1. The van der Waals surface area contributed by atoms with Gasteiger partial charge in [0.1, 0.15) is 18.2 Å². The zero-order chi connectivity index (χ0) is 21.9. The molecule has 0 aliphatic rings. The molecule has 0 atom stereocenters. The van der Waals surface area contributed by atoms with E-state index >= 15 is 0 Å². The fourth-order valence-corrected chi connectivity index (χ4v) is 2.83. The highest BCUT2D eigenvalue weighted by Gasteiger charge is 2.30. The van der Waals surface area contributed by atoms with Gasteiger partial charge in [0.25, 0.3) is 0 Å². The van der Waals surface area contributed by atoms with E-state index in [0.717, 1.165) is 12.1 Å². The van der Waals surface area contributed by atoms with Gasteiger partial charge in [0.15, 0.2) is 24.0 Å². The van der Waals surface area contributed by atoms with Crippen molar-refractivity contribution in [3.05, 3.63) is 72.1 Å². The van der Waals surface area contributed by atoms with E-state index in [2.05, 4.69) is 4.74 Å². The first-order chi connectivity index (χ1) is 14.2. The number of fused-ring (bicyclic) bond motifs is 1. The molecule has 0 heterocycles. The number of allylic oxidation sites excluding steroid dienone is 1. The fraction of sp³-hybridized carbons (Fsp3) is 0.182. The topological polar surface area (TPSA) is 18.5 Å². The molecule has 3 rings (SSSR count). The van der Waals surface area contributed by atoms with Crippen LogP contribution in [0, 0.1) is 17.5 Å². The predicted molar refractivity (Wildman–Crippen MR) is 101 cm³/mol. The third-order valence-electron chi connectivity index (χ3n) is 4.19. The van der Waals surface area contributed by atoms with Crippen molar-refractivity contribution in [2.75, 3.05) is 13.2 Å². The maximum Gasteiger partial charge on any atom is 0.422 e. The quantitative estimate of drug-likeness (QED) is 0.318. The summed E-state index contributed by atoms with van der Waals surface area (Å²) in [6.45, 7) is 0.351. The number of alkyl halides is 3. The van der Waals surface area contributed by atoms with E-state index < -0.39 is 41.4 Å². The summed E-state index contributed by atoms with van der Waals surface area (Å²) in [4.78, 5) is 0. The summed E-state index contributed by atoms with van der Waals surface area (Å²) in [5.41, 5.74) is 0.898. The first-order valence-electron chi connectivity index (χ1n) is 8.85. The lowest BCUT2D eigenvalue weighted by molar-refractivity contribution is -0.154. The standard InChI is InChI=1S/C22H16F6O2/c1-2-3-8-29-16-6-4-13(5-7-16)14-9-15-11-18(24)21(30-12-22(26,27)28)20(25)19(15)17(23)10-14/h2-7,9-11H,8,12H2,1H3. The molecule has 0 saturated heterocycles. The van der Waals surface area contributed by atoms with Crippen LogP contribution in [0.4, 0.5) is 26.3 Å². The molecule has 0 saturated carbocycles. The van der Waals surface area contributed by atoms with Crippen LogP contribution in [0.3, 0.4) is 0 Å². The first kappa shape index (κ1) is 21.5. The van der Waals surface area contributed by atoms with Crippen molar-refractivity contribution in [1.29, 1.82) is 0 Å². The summed E-state index contributed by atoms with van der Waals surface area (Å²) in [6, 6.07) is 9.73. The van der Waals surface area contributed by atoms with E-state index in [0.29, 0.717) is 23.5 Å². The van der Waals surface area contributed by atoms with Crippen molar-refractivity contribution in [2.24, 2.45) is 0 Å². The van der Waals surface area contributed by atoms with E-state index in [1.165, 1.54) is 6.07 Å². The summed E-state index contributed by atoms with van der Waals surface area (Å²) < 4.78 is 89.8. The van der Waals surface area contributed by atoms with Crippen LogP contribution >= 0.6 is 0 Å². The van der Waals surface area contributed by atoms with Crippen LogP contribution in [-0.4, -0.2) is 19.4 Å². The van der Waals surface area contributed by atoms with Gasteiger partial charge in [-0.1, -0.05) is 24.3 Å². The van der Waals surface area contributed by atoms with Crippen LogP contribution in [0.1, 0.15) is 6.92 Å². The van der Waals surface area contributed by atoms with E-state index in [-0.39, 0.29) is 5.39 Å². The first-order valence-corrected chi connectivity index (χ1v) is 8.85. The van der Waals surface area contributed by atoms with Crippen molar-refractivity contribution in [3.8, 4) is 22.6 Å². The van der Waals surface area contributed by atoms with Gasteiger partial charge >= 0.3 is 6.18 Å². The smallest absolute Gasteiger partial charge is 0.422 e. The maximum absolute atomic E-state index is 14.6. The summed E-state index contributed by atoms with van der Waals surface area (Å²) in [5.74, 6) is -4.61. The van der Waals surface area contributed by atoms with E-state index in [1.807, 2.05) is 19.1 Å². The normalized spacial score (nSPS) is 12.0. The molecule has 3 aromatic carbocycles. The Morgan fingerprint density at radius 3 is 2.20 bits per heavy atom. The average molecular weight is 426 g/mol. The van der Waals surface area contributed by atoms with Gasteiger partial charge < -0.3 is 9.47 Å². The Labute approximate surface area is 168 Å². The lowest BCUT2D eigenvalue weighted by Crippen LogP contribution is -2.20. The average Bonchev–Trinajstić information content (AvgIpc) is 2.67. The number of hydrogen-bond acceptors (Lipinski definition) is 2. The van der Waals surface area contributed by atoms with Crippen molar-refractivity contribution in [1.82, 2.24) is 0 Å². The van der Waals surface area contributed by atoms with Gasteiger partial charge in [-0.3, -0.25) is 0 Å². The molecular weight excluding hydrogens is 410 g/mol. The van der Waals surface area contributed by atoms with Crippen LogP contribution in [0.25, 0.3) is 21.9 Å². The minimum absolute atomic E-state index is 0.146. The molecule has 0 bridgehead atoms. The Morgan fingerprint density at radius 2 is 1.57 bits per heavy atom. The van der Waals surface area contributed by atoms with Crippen LogP contribution in [-0.2, 0) is 0 Å². The molecule has 0 amide bonds. The number of benzene rings is 3. The predicted octanol–water partition coefficient (Wildman–Crippen LogP) is 6.82. The molecule has 0 aliphatic heterocycles. The van der Waals surface area contributed by atoms with E-state index in [4.69, 9.17) is 4.74 Å². The second kappa shape index (κ2) is 8.69. The van der Waals surface area contributed by atoms with Crippen LogP contribution in [0.15, 0.2) is 54.6 Å². The lowest BCUT2D eigenvalue weighted by Gasteiger charge is -2.13. The fourth-order valence-electron chi connectivity index (χ4n) is 2.83. The molecule has 2 nitrogen and oxygen atoms in total. The molecule has 0 spiro atoms. The lowest BCUT2D eigenvalue weighted by atomic mass is 10.00. The molecule has 0 radical (unpaired) electrons. The number of rotatable bonds is 6.